The largest absolute Gasteiger partial charge is 0.435 e. The van der Waals surface area contributed by atoms with Gasteiger partial charge in [-0.05, 0) is 37.1 Å². The lowest BCUT2D eigenvalue weighted by Gasteiger charge is -2.09. The highest BCUT2D eigenvalue weighted by atomic mass is 79.9. The van der Waals surface area contributed by atoms with Gasteiger partial charge >= 0.3 is 6.61 Å². The molecule has 19 heavy (non-hydrogen) atoms. The van der Waals surface area contributed by atoms with Gasteiger partial charge in [0.15, 0.2) is 0 Å². The Bertz CT molecular complexity index is 410. The van der Waals surface area contributed by atoms with Crippen LogP contribution in [0.5, 0.6) is 5.75 Å². The van der Waals surface area contributed by atoms with Crippen LogP contribution in [0.2, 0.25) is 0 Å². The lowest BCUT2D eigenvalue weighted by atomic mass is 10.2. The van der Waals surface area contributed by atoms with E-state index in [1.54, 1.807) is 12.1 Å². The second-order valence-corrected chi connectivity index (χ2v) is 4.17. The van der Waals surface area contributed by atoms with E-state index in [1.165, 1.54) is 18.6 Å². The molecule has 0 atom stereocenters. The zero-order valence-electron chi connectivity index (χ0n) is 10.4. The quantitative estimate of drug-likeness (QED) is 0.896. The summed E-state index contributed by atoms with van der Waals surface area (Å²) in [5.74, 6) is 1.13. The van der Waals surface area contributed by atoms with Gasteiger partial charge in [-0.3, -0.25) is 4.99 Å². The molecule has 0 saturated carbocycles. The molecular formula is C13H17BrF2N2O. The van der Waals surface area contributed by atoms with Crippen LogP contribution in [-0.2, 0) is 0 Å². The lowest BCUT2D eigenvalue weighted by Crippen LogP contribution is -2.11. The summed E-state index contributed by atoms with van der Waals surface area (Å²) in [5.41, 5.74) is 0.845. The Kier molecular flexibility index (Phi) is 6.77. The monoisotopic (exact) mass is 334 g/mol. The summed E-state index contributed by atoms with van der Waals surface area (Å²) in [5, 5.41) is 3.21. The topological polar surface area (TPSA) is 33.6 Å². The van der Waals surface area contributed by atoms with Crippen molar-refractivity contribution in [3.63, 3.8) is 0 Å². The Hall–Kier alpha value is -1.17. The van der Waals surface area contributed by atoms with Crippen molar-refractivity contribution in [2.75, 3.05) is 11.9 Å². The molecule has 1 aromatic carbocycles. The standard InChI is InChI=1S/C13H16F2N2O.BrH/c14-13(15)18-11-7-5-10(6-8-11)17-12-4-2-1-3-9-16-12;/h5-8,13H,1-4,9H2,(H,16,17);1H. The Labute approximate surface area is 121 Å². The first-order chi connectivity index (χ1) is 8.74. The first kappa shape index (κ1) is 15.9. The highest BCUT2D eigenvalue weighted by Crippen LogP contribution is 2.18. The minimum absolute atomic E-state index is 0. The summed E-state index contributed by atoms with van der Waals surface area (Å²) in [6.07, 6.45) is 4.41. The molecular weight excluding hydrogens is 318 g/mol. The first-order valence-electron chi connectivity index (χ1n) is 6.09. The van der Waals surface area contributed by atoms with Crippen LogP contribution in [0.25, 0.3) is 0 Å². The molecule has 1 heterocycles. The number of halogens is 3. The number of ether oxygens (including phenoxy) is 1. The van der Waals surface area contributed by atoms with Crippen LogP contribution in [-0.4, -0.2) is 19.0 Å². The molecule has 0 spiro atoms. The van der Waals surface area contributed by atoms with E-state index in [0.29, 0.717) is 0 Å². The minimum Gasteiger partial charge on any atom is -0.435 e. The fourth-order valence-electron chi connectivity index (χ4n) is 1.86. The van der Waals surface area contributed by atoms with Gasteiger partial charge in [-0.1, -0.05) is 6.42 Å². The van der Waals surface area contributed by atoms with E-state index >= 15 is 0 Å². The van der Waals surface area contributed by atoms with Crippen molar-refractivity contribution in [3.8, 4) is 5.75 Å². The smallest absolute Gasteiger partial charge is 0.387 e. The third kappa shape index (κ3) is 5.55. The van der Waals surface area contributed by atoms with E-state index < -0.39 is 6.61 Å². The van der Waals surface area contributed by atoms with E-state index in [-0.39, 0.29) is 22.7 Å². The number of alkyl halides is 2. The molecule has 0 amide bonds. The minimum atomic E-state index is -2.78. The molecule has 106 valence electrons. The van der Waals surface area contributed by atoms with Crippen LogP contribution in [0.15, 0.2) is 29.3 Å². The number of benzene rings is 1. The highest BCUT2D eigenvalue weighted by molar-refractivity contribution is 8.93. The van der Waals surface area contributed by atoms with Crippen LogP contribution in [0.4, 0.5) is 14.5 Å². The van der Waals surface area contributed by atoms with Crippen LogP contribution < -0.4 is 10.1 Å². The van der Waals surface area contributed by atoms with Crippen molar-refractivity contribution in [2.24, 2.45) is 4.99 Å². The third-order valence-electron chi connectivity index (χ3n) is 2.74. The zero-order valence-corrected chi connectivity index (χ0v) is 12.2. The van der Waals surface area contributed by atoms with Gasteiger partial charge in [0.25, 0.3) is 0 Å². The van der Waals surface area contributed by atoms with Crippen molar-refractivity contribution < 1.29 is 13.5 Å². The van der Waals surface area contributed by atoms with Gasteiger partial charge in [-0.25, -0.2) is 0 Å². The molecule has 0 aromatic heterocycles. The Morgan fingerprint density at radius 2 is 1.84 bits per heavy atom. The summed E-state index contributed by atoms with van der Waals surface area (Å²) in [4.78, 5) is 4.44. The van der Waals surface area contributed by atoms with Gasteiger partial charge in [-0.15, -0.1) is 17.0 Å². The van der Waals surface area contributed by atoms with Gasteiger partial charge in [0.05, 0.1) is 0 Å². The molecule has 1 aromatic rings. The van der Waals surface area contributed by atoms with Gasteiger partial charge in [0.2, 0.25) is 0 Å². The molecule has 0 saturated heterocycles. The van der Waals surface area contributed by atoms with Crippen molar-refractivity contribution in [2.45, 2.75) is 32.3 Å². The van der Waals surface area contributed by atoms with Crippen LogP contribution >= 0.6 is 17.0 Å². The number of rotatable bonds is 3. The van der Waals surface area contributed by atoms with Crippen molar-refractivity contribution in [3.05, 3.63) is 24.3 Å². The molecule has 0 bridgehead atoms. The average Bonchev–Trinajstić information content (AvgIpc) is 2.60. The summed E-state index contributed by atoms with van der Waals surface area (Å²) < 4.78 is 28.3. The Balaban J connectivity index is 0.00000180. The van der Waals surface area contributed by atoms with Gasteiger partial charge < -0.3 is 10.1 Å². The maximum Gasteiger partial charge on any atom is 0.387 e. The SMILES string of the molecule is Br.FC(F)Oc1ccc(NC2=NCCCCC2)cc1. The molecule has 0 fully saturated rings. The zero-order chi connectivity index (χ0) is 12.8. The van der Waals surface area contributed by atoms with E-state index in [2.05, 4.69) is 15.0 Å². The molecule has 3 nitrogen and oxygen atoms in total. The molecule has 2 rings (SSSR count). The predicted octanol–water partition coefficient (Wildman–Crippen LogP) is 4.25. The fourth-order valence-corrected chi connectivity index (χ4v) is 1.86. The van der Waals surface area contributed by atoms with Gasteiger partial charge in [0.1, 0.15) is 11.6 Å². The molecule has 0 unspecified atom stereocenters. The van der Waals surface area contributed by atoms with E-state index in [1.807, 2.05) is 0 Å². The second-order valence-electron chi connectivity index (χ2n) is 4.17. The van der Waals surface area contributed by atoms with Crippen LogP contribution in [0, 0.1) is 0 Å². The number of aliphatic imine (C=N–C) groups is 1. The summed E-state index contributed by atoms with van der Waals surface area (Å²) >= 11 is 0. The predicted molar refractivity (Wildman–Crippen MR) is 77.8 cm³/mol. The number of hydrogen-bond donors (Lipinski definition) is 1. The maximum atomic E-state index is 12.0. The third-order valence-corrected chi connectivity index (χ3v) is 2.74. The Morgan fingerprint density at radius 3 is 2.53 bits per heavy atom. The number of hydrogen-bond acceptors (Lipinski definition) is 3. The Morgan fingerprint density at radius 1 is 1.11 bits per heavy atom. The average molecular weight is 335 g/mol. The number of amidine groups is 1. The lowest BCUT2D eigenvalue weighted by molar-refractivity contribution is -0.0498. The highest BCUT2D eigenvalue weighted by Gasteiger charge is 2.06. The van der Waals surface area contributed by atoms with Gasteiger partial charge in [0, 0.05) is 18.7 Å². The molecule has 0 radical (unpaired) electrons. The van der Waals surface area contributed by atoms with E-state index in [4.69, 9.17) is 0 Å². The van der Waals surface area contributed by atoms with Crippen LogP contribution in [0.3, 0.4) is 0 Å². The molecule has 1 aliphatic heterocycles. The molecule has 1 N–H and O–H groups in total. The number of nitrogens with one attached hydrogen (secondary N) is 1. The summed E-state index contributed by atoms with van der Waals surface area (Å²) in [7, 11) is 0. The fraction of sp³-hybridized carbons (Fsp3) is 0.462. The summed E-state index contributed by atoms with van der Waals surface area (Å²) in [6, 6.07) is 6.47. The molecule has 1 aliphatic rings. The van der Waals surface area contributed by atoms with Gasteiger partial charge in [-0.2, -0.15) is 8.78 Å². The van der Waals surface area contributed by atoms with Crippen LogP contribution in [0.1, 0.15) is 25.7 Å². The van der Waals surface area contributed by atoms with E-state index in [0.717, 1.165) is 37.3 Å². The van der Waals surface area contributed by atoms with E-state index in [9.17, 15) is 8.78 Å². The normalized spacial score (nSPS) is 15.2. The first-order valence-corrected chi connectivity index (χ1v) is 6.09. The van der Waals surface area contributed by atoms with Crippen molar-refractivity contribution >= 4 is 28.5 Å². The van der Waals surface area contributed by atoms with Crippen molar-refractivity contribution in [1.29, 1.82) is 0 Å². The molecule has 0 aliphatic carbocycles. The number of nitrogens with zero attached hydrogens (tertiary/aromatic N) is 1. The number of anilines is 1. The summed E-state index contributed by atoms with van der Waals surface area (Å²) in [6.45, 7) is -1.93. The second kappa shape index (κ2) is 8.09. The maximum absolute atomic E-state index is 12.0. The van der Waals surface area contributed by atoms with Crippen molar-refractivity contribution in [1.82, 2.24) is 0 Å². The molecule has 6 heteroatoms.